The molecule has 1 amide bonds. The molecule has 0 aliphatic carbocycles. The SMILES string of the molecule is CC(=O)NCc1ccc(C(=O)COC(=O)/C=C/c2ccc(Cl)c(Cl)c2)s1. The van der Waals surface area contributed by atoms with Crippen LogP contribution in [-0.4, -0.2) is 24.3 Å². The van der Waals surface area contributed by atoms with Crippen LogP contribution in [0.5, 0.6) is 0 Å². The van der Waals surface area contributed by atoms with Gasteiger partial charge >= 0.3 is 5.97 Å². The summed E-state index contributed by atoms with van der Waals surface area (Å²) < 4.78 is 4.94. The molecular weight excluding hydrogens is 397 g/mol. The van der Waals surface area contributed by atoms with Crippen molar-refractivity contribution in [1.82, 2.24) is 5.32 Å². The Hall–Kier alpha value is -2.15. The van der Waals surface area contributed by atoms with Crippen molar-refractivity contribution in [2.75, 3.05) is 6.61 Å². The fourth-order valence-corrected chi connectivity index (χ4v) is 3.05. The predicted octanol–water partition coefficient (Wildman–Crippen LogP) is 4.13. The minimum Gasteiger partial charge on any atom is -0.454 e. The first-order valence-electron chi connectivity index (χ1n) is 7.51. The zero-order valence-electron chi connectivity index (χ0n) is 13.8. The molecule has 0 aliphatic rings. The maximum absolute atomic E-state index is 12.0. The molecule has 1 aromatic carbocycles. The van der Waals surface area contributed by atoms with Gasteiger partial charge in [-0.1, -0.05) is 29.3 Å². The molecule has 0 unspecified atom stereocenters. The van der Waals surface area contributed by atoms with Gasteiger partial charge in [-0.3, -0.25) is 9.59 Å². The molecule has 2 aromatic rings. The average Bonchev–Trinajstić information content (AvgIpc) is 3.08. The summed E-state index contributed by atoms with van der Waals surface area (Å²) in [5, 5.41) is 3.45. The van der Waals surface area contributed by atoms with Crippen molar-refractivity contribution in [2.45, 2.75) is 13.5 Å². The van der Waals surface area contributed by atoms with E-state index in [1.54, 1.807) is 30.3 Å². The Kier molecular flexibility index (Phi) is 7.38. The first kappa shape index (κ1) is 20.2. The molecule has 0 aliphatic heterocycles. The molecule has 0 radical (unpaired) electrons. The van der Waals surface area contributed by atoms with Gasteiger partial charge < -0.3 is 10.1 Å². The quantitative estimate of drug-likeness (QED) is 0.422. The number of ketones is 1. The predicted molar refractivity (Wildman–Crippen MR) is 103 cm³/mol. The van der Waals surface area contributed by atoms with Crippen molar-refractivity contribution in [3.8, 4) is 0 Å². The Morgan fingerprint density at radius 3 is 2.62 bits per heavy atom. The van der Waals surface area contributed by atoms with Crippen LogP contribution < -0.4 is 5.32 Å². The summed E-state index contributed by atoms with van der Waals surface area (Å²) in [4.78, 5) is 36.0. The van der Waals surface area contributed by atoms with Crippen LogP contribution in [-0.2, 0) is 20.9 Å². The van der Waals surface area contributed by atoms with Crippen LogP contribution in [0.25, 0.3) is 6.08 Å². The number of esters is 1. The summed E-state index contributed by atoms with van der Waals surface area (Å²) in [6.45, 7) is 1.43. The number of thiophene rings is 1. The van der Waals surface area contributed by atoms with Crippen LogP contribution in [0.1, 0.15) is 27.0 Å². The lowest BCUT2D eigenvalue weighted by Gasteiger charge is -2.01. The van der Waals surface area contributed by atoms with Crippen LogP contribution in [0.15, 0.2) is 36.4 Å². The van der Waals surface area contributed by atoms with Crippen molar-refractivity contribution in [2.24, 2.45) is 0 Å². The minimum absolute atomic E-state index is 0.144. The van der Waals surface area contributed by atoms with Gasteiger partial charge in [0.2, 0.25) is 11.7 Å². The summed E-state index contributed by atoms with van der Waals surface area (Å²) in [5.74, 6) is -1.09. The van der Waals surface area contributed by atoms with Crippen LogP contribution in [0.2, 0.25) is 10.0 Å². The second kappa shape index (κ2) is 9.52. The normalized spacial score (nSPS) is 10.7. The summed E-state index contributed by atoms with van der Waals surface area (Å²) in [5.41, 5.74) is 0.684. The Balaban J connectivity index is 1.84. The fourth-order valence-electron chi connectivity index (χ4n) is 1.87. The number of amides is 1. The number of nitrogens with one attached hydrogen (secondary N) is 1. The number of benzene rings is 1. The van der Waals surface area contributed by atoms with Crippen molar-refractivity contribution in [1.29, 1.82) is 0 Å². The molecule has 26 heavy (non-hydrogen) atoms. The molecule has 0 fully saturated rings. The number of carbonyl (C=O) groups excluding carboxylic acids is 3. The number of hydrogen-bond acceptors (Lipinski definition) is 5. The van der Waals surface area contributed by atoms with E-state index in [4.69, 9.17) is 27.9 Å². The number of Topliss-reactive ketones (excluding diaryl/α,β-unsaturated/α-hetero) is 1. The summed E-state index contributed by atoms with van der Waals surface area (Å²) in [7, 11) is 0. The van der Waals surface area contributed by atoms with Gasteiger partial charge in [-0.2, -0.15) is 0 Å². The fraction of sp³-hybridized carbons (Fsp3) is 0.167. The number of carbonyl (C=O) groups is 3. The van der Waals surface area contributed by atoms with Gasteiger partial charge in [-0.25, -0.2) is 4.79 Å². The number of ether oxygens (including phenoxy) is 1. The lowest BCUT2D eigenvalue weighted by Crippen LogP contribution is -2.18. The molecule has 1 aromatic heterocycles. The van der Waals surface area contributed by atoms with Crippen LogP contribution in [0.3, 0.4) is 0 Å². The highest BCUT2D eigenvalue weighted by Gasteiger charge is 2.11. The van der Waals surface area contributed by atoms with Gasteiger partial charge in [-0.15, -0.1) is 11.3 Å². The maximum atomic E-state index is 12.0. The Morgan fingerprint density at radius 1 is 1.15 bits per heavy atom. The van der Waals surface area contributed by atoms with E-state index in [1.165, 1.54) is 30.4 Å². The Morgan fingerprint density at radius 2 is 1.92 bits per heavy atom. The van der Waals surface area contributed by atoms with E-state index in [9.17, 15) is 14.4 Å². The number of halogens is 2. The first-order valence-corrected chi connectivity index (χ1v) is 9.08. The highest BCUT2D eigenvalue weighted by Crippen LogP contribution is 2.23. The lowest BCUT2D eigenvalue weighted by atomic mass is 10.2. The highest BCUT2D eigenvalue weighted by atomic mass is 35.5. The lowest BCUT2D eigenvalue weighted by molar-refractivity contribution is -0.136. The molecule has 0 saturated heterocycles. The van der Waals surface area contributed by atoms with E-state index >= 15 is 0 Å². The molecule has 0 bridgehead atoms. The number of rotatable bonds is 7. The van der Waals surface area contributed by atoms with E-state index in [2.05, 4.69) is 5.32 Å². The van der Waals surface area contributed by atoms with E-state index in [1.807, 2.05) is 0 Å². The van der Waals surface area contributed by atoms with Crippen LogP contribution in [0, 0.1) is 0 Å². The molecule has 5 nitrogen and oxygen atoms in total. The largest absolute Gasteiger partial charge is 0.454 e. The third-order valence-electron chi connectivity index (χ3n) is 3.15. The van der Waals surface area contributed by atoms with E-state index in [-0.39, 0.29) is 18.3 Å². The summed E-state index contributed by atoms with van der Waals surface area (Å²) in [6.07, 6.45) is 2.73. The number of hydrogen-bond donors (Lipinski definition) is 1. The topological polar surface area (TPSA) is 72.5 Å². The van der Waals surface area contributed by atoms with Crippen molar-refractivity contribution in [3.05, 3.63) is 61.8 Å². The second-order valence-electron chi connectivity index (χ2n) is 5.21. The molecule has 0 atom stereocenters. The average molecular weight is 412 g/mol. The van der Waals surface area contributed by atoms with E-state index in [0.717, 1.165) is 4.88 Å². The van der Waals surface area contributed by atoms with Gasteiger partial charge in [0.15, 0.2) is 6.61 Å². The standard InChI is InChI=1S/C18H15Cl2NO4S/c1-11(22)21-9-13-4-6-17(26-13)16(23)10-25-18(24)7-3-12-2-5-14(19)15(20)8-12/h2-8H,9-10H2,1H3,(H,21,22)/b7-3+. The summed E-state index contributed by atoms with van der Waals surface area (Å²) >= 11 is 13.0. The van der Waals surface area contributed by atoms with Gasteiger partial charge in [0, 0.05) is 17.9 Å². The molecule has 0 saturated carbocycles. The molecule has 8 heteroatoms. The highest BCUT2D eigenvalue weighted by molar-refractivity contribution is 7.14. The molecule has 136 valence electrons. The zero-order valence-corrected chi connectivity index (χ0v) is 16.1. The monoisotopic (exact) mass is 411 g/mol. The Labute approximate surface area is 164 Å². The zero-order chi connectivity index (χ0) is 19.1. The van der Waals surface area contributed by atoms with Crippen LogP contribution >= 0.6 is 34.5 Å². The Bertz CT molecular complexity index is 861. The maximum Gasteiger partial charge on any atom is 0.331 e. The molecule has 1 N–H and O–H groups in total. The van der Waals surface area contributed by atoms with E-state index < -0.39 is 5.97 Å². The third kappa shape index (κ3) is 6.29. The minimum atomic E-state index is -0.639. The van der Waals surface area contributed by atoms with E-state index in [0.29, 0.717) is 27.0 Å². The van der Waals surface area contributed by atoms with Crippen molar-refractivity contribution in [3.63, 3.8) is 0 Å². The van der Waals surface area contributed by atoms with Crippen molar-refractivity contribution >= 4 is 58.3 Å². The van der Waals surface area contributed by atoms with Gasteiger partial charge in [0.1, 0.15) is 0 Å². The first-order chi connectivity index (χ1) is 12.3. The molecular formula is C18H15Cl2NO4S. The second-order valence-corrected chi connectivity index (χ2v) is 7.20. The third-order valence-corrected chi connectivity index (χ3v) is 5.01. The van der Waals surface area contributed by atoms with Crippen LogP contribution in [0.4, 0.5) is 0 Å². The van der Waals surface area contributed by atoms with Gasteiger partial charge in [0.25, 0.3) is 0 Å². The molecule has 1 heterocycles. The summed E-state index contributed by atoms with van der Waals surface area (Å²) in [6, 6.07) is 8.32. The smallest absolute Gasteiger partial charge is 0.331 e. The van der Waals surface area contributed by atoms with Crippen molar-refractivity contribution < 1.29 is 19.1 Å². The van der Waals surface area contributed by atoms with Gasteiger partial charge in [-0.05, 0) is 35.9 Å². The van der Waals surface area contributed by atoms with Gasteiger partial charge in [0.05, 0.1) is 21.5 Å². The molecule has 0 spiro atoms. The molecule has 2 rings (SSSR count).